The lowest BCUT2D eigenvalue weighted by molar-refractivity contribution is -0.226. The van der Waals surface area contributed by atoms with Crippen molar-refractivity contribution in [2.45, 2.75) is 6.18 Å². The highest BCUT2D eigenvalue weighted by Crippen LogP contribution is 2.21. The first-order valence-electron chi connectivity index (χ1n) is 8.44. The number of halogens is 4. The third kappa shape index (κ3) is 4.80. The second kappa shape index (κ2) is 8.31. The van der Waals surface area contributed by atoms with Crippen LogP contribution in [0.1, 0.15) is 5.69 Å². The van der Waals surface area contributed by atoms with E-state index in [4.69, 9.17) is 0 Å². The minimum atomic E-state index is -5.29. The molecule has 3 amide bonds. The number of amides is 3. The molecule has 1 aromatic heterocycles. The standard InChI is InChI=1S/C19H13F4N3O4/c20-14-6-3-12(4-7-14)13-5-8-15(24-10-13)2-1-9-25-16(27)11-26(18(25)29)30-17(28)19(21,22)23/h1-8,10H,9,11H2/b2-1+. The van der Waals surface area contributed by atoms with Crippen molar-refractivity contribution >= 4 is 24.0 Å². The topological polar surface area (TPSA) is 79.8 Å². The summed E-state index contributed by atoms with van der Waals surface area (Å²) in [4.78, 5) is 43.3. The average Bonchev–Trinajstić information content (AvgIpc) is 2.96. The van der Waals surface area contributed by atoms with Crippen molar-refractivity contribution in [3.63, 3.8) is 0 Å². The maximum atomic E-state index is 13.0. The van der Waals surface area contributed by atoms with E-state index in [0.29, 0.717) is 10.6 Å². The fourth-order valence-electron chi connectivity index (χ4n) is 2.52. The molecule has 0 atom stereocenters. The van der Waals surface area contributed by atoms with Gasteiger partial charge in [-0.15, -0.1) is 5.06 Å². The van der Waals surface area contributed by atoms with Gasteiger partial charge < -0.3 is 4.84 Å². The van der Waals surface area contributed by atoms with E-state index in [1.54, 1.807) is 30.5 Å². The first-order valence-corrected chi connectivity index (χ1v) is 8.44. The summed E-state index contributed by atoms with van der Waals surface area (Å²) in [5, 5.41) is 0.0573. The van der Waals surface area contributed by atoms with Crippen molar-refractivity contribution in [3.05, 3.63) is 60.2 Å². The molecule has 0 spiro atoms. The number of hydrogen-bond acceptors (Lipinski definition) is 5. The molecule has 2 heterocycles. The molecule has 1 aliphatic rings. The van der Waals surface area contributed by atoms with Crippen molar-refractivity contribution in [2.75, 3.05) is 13.1 Å². The van der Waals surface area contributed by atoms with E-state index in [9.17, 15) is 31.9 Å². The first-order chi connectivity index (χ1) is 14.1. The van der Waals surface area contributed by atoms with Gasteiger partial charge in [0.05, 0.1) is 5.69 Å². The number of pyridine rings is 1. The Morgan fingerprint density at radius 3 is 2.37 bits per heavy atom. The summed E-state index contributed by atoms with van der Waals surface area (Å²) < 4.78 is 49.6. The SMILES string of the molecule is O=C1CN(OC(=O)C(F)(F)F)C(=O)N1C/C=C/c1ccc(-c2ccc(F)cc2)cn1. The predicted octanol–water partition coefficient (Wildman–Crippen LogP) is 3.19. The maximum Gasteiger partial charge on any atom is 0.493 e. The molecule has 1 aliphatic heterocycles. The lowest BCUT2D eigenvalue weighted by Crippen LogP contribution is -2.38. The molecule has 7 nitrogen and oxygen atoms in total. The van der Waals surface area contributed by atoms with E-state index in [2.05, 4.69) is 9.82 Å². The Morgan fingerprint density at radius 1 is 1.10 bits per heavy atom. The second-order valence-corrected chi connectivity index (χ2v) is 6.08. The van der Waals surface area contributed by atoms with E-state index in [1.165, 1.54) is 24.3 Å². The van der Waals surface area contributed by atoms with Gasteiger partial charge >= 0.3 is 18.2 Å². The molecule has 11 heteroatoms. The number of aromatic nitrogens is 1. The van der Waals surface area contributed by atoms with E-state index in [-0.39, 0.29) is 17.4 Å². The van der Waals surface area contributed by atoms with Gasteiger partial charge in [0.1, 0.15) is 12.4 Å². The Morgan fingerprint density at radius 2 is 1.77 bits per heavy atom. The number of benzene rings is 1. The molecule has 0 radical (unpaired) electrons. The Kier molecular flexibility index (Phi) is 5.81. The van der Waals surface area contributed by atoms with Crippen molar-refractivity contribution in [1.82, 2.24) is 14.9 Å². The quantitative estimate of drug-likeness (QED) is 0.545. The van der Waals surface area contributed by atoms with Gasteiger partial charge in [-0.25, -0.2) is 14.0 Å². The summed E-state index contributed by atoms with van der Waals surface area (Å²) in [7, 11) is 0. The van der Waals surface area contributed by atoms with E-state index in [0.717, 1.165) is 11.1 Å². The van der Waals surface area contributed by atoms with Crippen LogP contribution in [0.15, 0.2) is 48.7 Å². The van der Waals surface area contributed by atoms with E-state index >= 15 is 0 Å². The zero-order valence-corrected chi connectivity index (χ0v) is 15.1. The van der Waals surface area contributed by atoms with Crippen LogP contribution < -0.4 is 0 Å². The molecule has 1 aromatic carbocycles. The molecule has 0 N–H and O–H groups in total. The molecule has 0 bridgehead atoms. The average molecular weight is 423 g/mol. The van der Waals surface area contributed by atoms with Crippen LogP contribution in [0.4, 0.5) is 22.4 Å². The lowest BCUT2D eigenvalue weighted by Gasteiger charge is -2.15. The van der Waals surface area contributed by atoms with Gasteiger partial charge in [0.2, 0.25) is 0 Å². The molecule has 0 aliphatic carbocycles. The summed E-state index contributed by atoms with van der Waals surface area (Å²) in [6.07, 6.45) is -0.829. The normalized spacial score (nSPS) is 14.7. The van der Waals surface area contributed by atoms with E-state index in [1.807, 2.05) is 0 Å². The Hall–Kier alpha value is -3.76. The fraction of sp³-hybridized carbons (Fsp3) is 0.158. The Labute approximate surface area is 167 Å². The summed E-state index contributed by atoms with van der Waals surface area (Å²) in [5.74, 6) is -3.77. The minimum absolute atomic E-state index is 0.0573. The maximum absolute atomic E-state index is 13.0. The largest absolute Gasteiger partial charge is 0.493 e. The summed E-state index contributed by atoms with van der Waals surface area (Å²) >= 11 is 0. The van der Waals surface area contributed by atoms with Gasteiger partial charge in [-0.2, -0.15) is 13.2 Å². The van der Waals surface area contributed by atoms with Crippen LogP contribution in [0.5, 0.6) is 0 Å². The Balaban J connectivity index is 1.59. The second-order valence-electron chi connectivity index (χ2n) is 6.08. The monoisotopic (exact) mass is 423 g/mol. The molecule has 1 fully saturated rings. The number of carbonyl (C=O) groups excluding carboxylic acids is 3. The third-order valence-corrected chi connectivity index (χ3v) is 3.99. The number of hydroxylamine groups is 2. The predicted molar refractivity (Wildman–Crippen MR) is 94.6 cm³/mol. The number of hydrogen-bond donors (Lipinski definition) is 0. The van der Waals surface area contributed by atoms with Crippen molar-refractivity contribution < 1.29 is 36.8 Å². The van der Waals surface area contributed by atoms with Gasteiger partial charge in [-0.3, -0.25) is 14.7 Å². The number of imide groups is 1. The van der Waals surface area contributed by atoms with Crippen LogP contribution in [0.2, 0.25) is 0 Å². The van der Waals surface area contributed by atoms with Crippen molar-refractivity contribution in [2.24, 2.45) is 0 Å². The third-order valence-electron chi connectivity index (χ3n) is 3.99. The van der Waals surface area contributed by atoms with Crippen molar-refractivity contribution in [3.8, 4) is 11.1 Å². The highest BCUT2D eigenvalue weighted by molar-refractivity contribution is 6.02. The van der Waals surface area contributed by atoms with Gasteiger partial charge in [-0.1, -0.05) is 24.3 Å². The smallest absolute Gasteiger partial charge is 0.328 e. The van der Waals surface area contributed by atoms with Crippen LogP contribution in [-0.2, 0) is 14.4 Å². The van der Waals surface area contributed by atoms with Gasteiger partial charge in [0.15, 0.2) is 0 Å². The molecule has 30 heavy (non-hydrogen) atoms. The van der Waals surface area contributed by atoms with Crippen LogP contribution >= 0.6 is 0 Å². The molecular weight excluding hydrogens is 410 g/mol. The number of nitrogens with zero attached hydrogens (tertiary/aromatic N) is 3. The molecular formula is C19H13F4N3O4. The van der Waals surface area contributed by atoms with Crippen LogP contribution in [0.25, 0.3) is 17.2 Å². The molecule has 0 unspecified atom stereocenters. The fourth-order valence-corrected chi connectivity index (χ4v) is 2.52. The molecule has 1 saturated heterocycles. The molecule has 156 valence electrons. The zero-order valence-electron chi connectivity index (χ0n) is 15.1. The zero-order chi connectivity index (χ0) is 21.9. The highest BCUT2D eigenvalue weighted by Gasteiger charge is 2.46. The van der Waals surface area contributed by atoms with Crippen LogP contribution in [0, 0.1) is 5.82 Å². The van der Waals surface area contributed by atoms with E-state index < -0.39 is 30.6 Å². The summed E-state index contributed by atoms with van der Waals surface area (Å²) in [6, 6.07) is 8.06. The number of carbonyl (C=O) groups is 3. The van der Waals surface area contributed by atoms with Crippen molar-refractivity contribution in [1.29, 1.82) is 0 Å². The summed E-state index contributed by atoms with van der Waals surface area (Å²) in [5.41, 5.74) is 2.00. The minimum Gasteiger partial charge on any atom is -0.328 e. The molecule has 0 saturated carbocycles. The number of urea groups is 1. The molecule has 2 aromatic rings. The van der Waals surface area contributed by atoms with Crippen LogP contribution in [-0.4, -0.2) is 52.1 Å². The van der Waals surface area contributed by atoms with Gasteiger partial charge in [0, 0.05) is 18.3 Å². The number of alkyl halides is 3. The lowest BCUT2D eigenvalue weighted by atomic mass is 10.1. The molecule has 3 rings (SSSR count). The Bertz CT molecular complexity index is 988. The first kappa shape index (κ1) is 21.0. The summed E-state index contributed by atoms with van der Waals surface area (Å²) in [6.45, 7) is -1.06. The van der Waals surface area contributed by atoms with Gasteiger partial charge in [0.25, 0.3) is 5.91 Å². The highest BCUT2D eigenvalue weighted by atomic mass is 19.4. The van der Waals surface area contributed by atoms with Gasteiger partial charge in [-0.05, 0) is 29.8 Å². The number of rotatable bonds is 5. The van der Waals surface area contributed by atoms with Crippen LogP contribution in [0.3, 0.4) is 0 Å².